The number of anilines is 2. The van der Waals surface area contributed by atoms with Crippen molar-refractivity contribution in [1.29, 1.82) is 0 Å². The third-order valence-electron chi connectivity index (χ3n) is 5.52. The molecule has 0 fully saturated rings. The van der Waals surface area contributed by atoms with Crippen molar-refractivity contribution in [2.24, 2.45) is 0 Å². The maximum absolute atomic E-state index is 13.4. The van der Waals surface area contributed by atoms with E-state index in [9.17, 15) is 22.8 Å². The Kier molecular flexibility index (Phi) is 8.44. The van der Waals surface area contributed by atoms with Crippen molar-refractivity contribution in [3.05, 3.63) is 124 Å². The summed E-state index contributed by atoms with van der Waals surface area (Å²) in [4.78, 5) is 26.7. The fourth-order valence-corrected chi connectivity index (χ4v) is 4.92. The van der Waals surface area contributed by atoms with Crippen molar-refractivity contribution in [2.45, 2.75) is 23.2 Å². The lowest BCUT2D eigenvalue weighted by atomic mass is 10.1. The molecule has 4 nitrogen and oxygen atoms in total. The maximum Gasteiger partial charge on any atom is 0.416 e. The number of rotatable bonds is 7. The minimum Gasteiger partial charge on any atom is -0.323 e. The third-order valence-corrected chi connectivity index (χ3v) is 7.10. The van der Waals surface area contributed by atoms with Crippen LogP contribution in [0.15, 0.2) is 102 Å². The monoisotopic (exact) mass is 554 g/mol. The van der Waals surface area contributed by atoms with Gasteiger partial charge >= 0.3 is 6.18 Å². The van der Waals surface area contributed by atoms with Gasteiger partial charge in [0.15, 0.2) is 0 Å². The second-order valence-electron chi connectivity index (χ2n) is 8.44. The van der Waals surface area contributed by atoms with Crippen molar-refractivity contribution in [1.82, 2.24) is 0 Å². The molecule has 0 aliphatic heterocycles. The van der Waals surface area contributed by atoms with Crippen LogP contribution >= 0.6 is 23.4 Å². The normalized spacial score (nSPS) is 12.0. The van der Waals surface area contributed by atoms with Crippen LogP contribution in [0, 0.1) is 6.92 Å². The largest absolute Gasteiger partial charge is 0.416 e. The van der Waals surface area contributed by atoms with E-state index in [0.717, 1.165) is 23.8 Å². The molecule has 0 aliphatic carbocycles. The highest BCUT2D eigenvalue weighted by molar-refractivity contribution is 8.00. The smallest absolute Gasteiger partial charge is 0.323 e. The van der Waals surface area contributed by atoms with Crippen molar-refractivity contribution < 1.29 is 22.8 Å². The molecule has 0 saturated carbocycles. The quantitative estimate of drug-likeness (QED) is 0.226. The first-order chi connectivity index (χ1) is 18.1. The Morgan fingerprint density at radius 3 is 2.29 bits per heavy atom. The molecule has 0 radical (unpaired) electrons. The third kappa shape index (κ3) is 6.96. The van der Waals surface area contributed by atoms with Crippen LogP contribution in [-0.2, 0) is 11.0 Å². The Balaban J connectivity index is 1.58. The predicted molar refractivity (Wildman–Crippen MR) is 146 cm³/mol. The molecule has 1 unspecified atom stereocenters. The van der Waals surface area contributed by atoms with E-state index in [4.69, 9.17) is 11.6 Å². The number of carbonyl (C=O) groups excluding carboxylic acids is 2. The molecule has 0 spiro atoms. The van der Waals surface area contributed by atoms with Gasteiger partial charge in [0, 0.05) is 16.1 Å². The van der Waals surface area contributed by atoms with E-state index in [2.05, 4.69) is 10.6 Å². The highest BCUT2D eigenvalue weighted by atomic mass is 35.5. The lowest BCUT2D eigenvalue weighted by Gasteiger charge is -2.19. The average molecular weight is 555 g/mol. The predicted octanol–water partition coefficient (Wildman–Crippen LogP) is 8.39. The highest BCUT2D eigenvalue weighted by Gasteiger charge is 2.31. The second-order valence-corrected chi connectivity index (χ2v) is 10.0. The average Bonchev–Trinajstić information content (AvgIpc) is 2.88. The Hall–Kier alpha value is -3.75. The van der Waals surface area contributed by atoms with Crippen LogP contribution in [0.3, 0.4) is 0 Å². The number of carbonyl (C=O) groups is 2. The van der Waals surface area contributed by atoms with Crippen LogP contribution in [0.25, 0.3) is 0 Å². The summed E-state index contributed by atoms with van der Waals surface area (Å²) < 4.78 is 39.6. The highest BCUT2D eigenvalue weighted by Crippen LogP contribution is 2.39. The van der Waals surface area contributed by atoms with E-state index in [1.165, 1.54) is 11.8 Å². The summed E-state index contributed by atoms with van der Waals surface area (Å²) in [7, 11) is 0. The molecule has 194 valence electrons. The zero-order chi connectivity index (χ0) is 27.3. The van der Waals surface area contributed by atoms with Crippen molar-refractivity contribution in [3.8, 4) is 0 Å². The number of alkyl halides is 3. The first-order valence-electron chi connectivity index (χ1n) is 11.5. The molecule has 0 bridgehead atoms. The minimum atomic E-state index is -4.58. The first kappa shape index (κ1) is 27.3. The summed E-state index contributed by atoms with van der Waals surface area (Å²) in [6.07, 6.45) is -4.58. The second kappa shape index (κ2) is 11.8. The van der Waals surface area contributed by atoms with Crippen LogP contribution < -0.4 is 10.6 Å². The van der Waals surface area contributed by atoms with Crippen LogP contribution in [0.2, 0.25) is 5.02 Å². The zero-order valence-electron chi connectivity index (χ0n) is 20.1. The lowest BCUT2D eigenvalue weighted by Crippen LogP contribution is -2.20. The number of halogens is 4. The van der Waals surface area contributed by atoms with E-state index in [0.29, 0.717) is 21.7 Å². The van der Waals surface area contributed by atoms with Gasteiger partial charge in [-0.25, -0.2) is 0 Å². The van der Waals surface area contributed by atoms with Gasteiger partial charge in [-0.3, -0.25) is 9.59 Å². The fourth-order valence-electron chi connectivity index (χ4n) is 3.67. The molecule has 0 aliphatic rings. The summed E-state index contributed by atoms with van der Waals surface area (Å²) in [6, 6.07) is 25.8. The molecule has 4 aromatic rings. The van der Waals surface area contributed by atoms with Gasteiger partial charge in [-0.1, -0.05) is 65.7 Å². The van der Waals surface area contributed by atoms with Gasteiger partial charge in [-0.05, 0) is 61.0 Å². The van der Waals surface area contributed by atoms with Gasteiger partial charge in [0.25, 0.3) is 5.91 Å². The topological polar surface area (TPSA) is 58.2 Å². The molecule has 9 heteroatoms. The number of nitrogens with one attached hydrogen (secondary N) is 2. The molecule has 2 N–H and O–H groups in total. The summed E-state index contributed by atoms with van der Waals surface area (Å²) >= 11 is 7.30. The summed E-state index contributed by atoms with van der Waals surface area (Å²) in [5, 5.41) is 4.59. The standard InChI is InChI=1S/C29H22ClF3N2O2S/c1-18-7-5-10-20(15-18)27(36)34-22-11-6-12-23(17-22)38-26(19-8-3-2-4-9-19)28(37)35-25-16-21(29(31,32)33)13-14-24(25)30/h2-17,26H,1H3,(H,34,36)(H,35,37). The first-order valence-corrected chi connectivity index (χ1v) is 12.7. The molecule has 4 rings (SSSR count). The maximum atomic E-state index is 13.4. The fraction of sp³-hybridized carbons (Fsp3) is 0.103. The minimum absolute atomic E-state index is 0.0102. The summed E-state index contributed by atoms with van der Waals surface area (Å²) in [6.45, 7) is 1.90. The van der Waals surface area contributed by atoms with E-state index >= 15 is 0 Å². The summed E-state index contributed by atoms with van der Waals surface area (Å²) in [5.74, 6) is -0.816. The Labute approximate surface area is 227 Å². The number of amides is 2. The van der Waals surface area contributed by atoms with Gasteiger partial charge in [0.2, 0.25) is 5.91 Å². The van der Waals surface area contributed by atoms with Crippen molar-refractivity contribution >= 4 is 46.6 Å². The van der Waals surface area contributed by atoms with E-state index in [1.54, 1.807) is 72.8 Å². The van der Waals surface area contributed by atoms with Gasteiger partial charge in [-0.15, -0.1) is 11.8 Å². The zero-order valence-corrected chi connectivity index (χ0v) is 21.6. The van der Waals surface area contributed by atoms with Gasteiger partial charge < -0.3 is 10.6 Å². The molecule has 4 aromatic carbocycles. The van der Waals surface area contributed by atoms with Gasteiger partial charge in [-0.2, -0.15) is 13.2 Å². The van der Waals surface area contributed by atoms with Crippen LogP contribution in [0.1, 0.15) is 32.3 Å². The van der Waals surface area contributed by atoms with Gasteiger partial charge in [0.1, 0.15) is 5.25 Å². The SMILES string of the molecule is Cc1cccc(C(=O)Nc2cccc(SC(C(=O)Nc3cc(C(F)(F)F)ccc3Cl)c3ccccc3)c2)c1. The molecule has 2 amide bonds. The van der Waals surface area contributed by atoms with Crippen molar-refractivity contribution in [2.75, 3.05) is 10.6 Å². The molecule has 1 atom stereocenters. The van der Waals surface area contributed by atoms with Crippen LogP contribution in [0.4, 0.5) is 24.5 Å². The number of aryl methyl sites for hydroxylation is 1. The summed E-state index contributed by atoms with van der Waals surface area (Å²) in [5.41, 5.74) is 1.61. The number of benzene rings is 4. The number of hydrogen-bond donors (Lipinski definition) is 2. The van der Waals surface area contributed by atoms with Crippen LogP contribution in [-0.4, -0.2) is 11.8 Å². The molecule has 0 heterocycles. The molecular formula is C29H22ClF3N2O2S. The van der Waals surface area contributed by atoms with E-state index in [-0.39, 0.29) is 16.6 Å². The van der Waals surface area contributed by atoms with E-state index < -0.39 is 22.9 Å². The number of thioether (sulfide) groups is 1. The Morgan fingerprint density at radius 1 is 0.842 bits per heavy atom. The van der Waals surface area contributed by atoms with E-state index in [1.807, 2.05) is 13.0 Å². The Bertz CT molecular complexity index is 1460. The molecule has 0 aromatic heterocycles. The molecular weight excluding hydrogens is 533 g/mol. The molecule has 38 heavy (non-hydrogen) atoms. The Morgan fingerprint density at radius 2 is 1.58 bits per heavy atom. The van der Waals surface area contributed by atoms with Crippen molar-refractivity contribution in [3.63, 3.8) is 0 Å². The molecule has 0 saturated heterocycles. The lowest BCUT2D eigenvalue weighted by molar-refractivity contribution is -0.137. The van der Waals surface area contributed by atoms with Crippen LogP contribution in [0.5, 0.6) is 0 Å². The van der Waals surface area contributed by atoms with Gasteiger partial charge in [0.05, 0.1) is 16.3 Å². The number of hydrogen-bond acceptors (Lipinski definition) is 3.